The van der Waals surface area contributed by atoms with E-state index in [-0.39, 0.29) is 36.2 Å². The van der Waals surface area contributed by atoms with Crippen LogP contribution in [-0.4, -0.2) is 30.0 Å². The third kappa shape index (κ3) is 5.36. The fraction of sp³-hybridized carbons (Fsp3) is 0.611. The lowest BCUT2D eigenvalue weighted by Crippen LogP contribution is -2.42. The first kappa shape index (κ1) is 19.5. The van der Waals surface area contributed by atoms with Crippen LogP contribution in [0.3, 0.4) is 0 Å². The minimum Gasteiger partial charge on any atom is -0.349 e. The number of rotatable bonds is 5. The van der Waals surface area contributed by atoms with Crippen LogP contribution in [0.25, 0.3) is 0 Å². The zero-order valence-corrected chi connectivity index (χ0v) is 15.4. The molecule has 1 aromatic rings. The summed E-state index contributed by atoms with van der Waals surface area (Å²) in [4.78, 5) is 12.5. The van der Waals surface area contributed by atoms with E-state index in [1.54, 1.807) is 0 Å². The maximum atomic E-state index is 13.2. The SMILES string of the molecule is Cl.O=C(CC1CSCCN1)NC(c1ccc(F)cc1)C1CCCC1. The van der Waals surface area contributed by atoms with Crippen LogP contribution in [0, 0.1) is 11.7 Å². The molecular formula is C18H26ClFN2OS. The largest absolute Gasteiger partial charge is 0.349 e. The van der Waals surface area contributed by atoms with Gasteiger partial charge in [0.25, 0.3) is 0 Å². The van der Waals surface area contributed by atoms with Crippen LogP contribution in [-0.2, 0) is 4.79 Å². The Morgan fingerprint density at radius 3 is 2.62 bits per heavy atom. The fourth-order valence-electron chi connectivity index (χ4n) is 3.64. The molecule has 0 radical (unpaired) electrons. The number of amides is 1. The lowest BCUT2D eigenvalue weighted by molar-refractivity contribution is -0.122. The lowest BCUT2D eigenvalue weighted by atomic mass is 9.91. The quantitative estimate of drug-likeness (QED) is 0.828. The first-order valence-corrected chi connectivity index (χ1v) is 9.74. The standard InChI is InChI=1S/C18H25FN2OS.ClH/c19-15-7-5-14(6-8-15)18(13-3-1-2-4-13)21-17(22)11-16-12-23-10-9-20-16;/h5-8,13,16,18,20H,1-4,9-12H2,(H,21,22);1H. The van der Waals surface area contributed by atoms with Gasteiger partial charge >= 0.3 is 0 Å². The Morgan fingerprint density at radius 1 is 1.29 bits per heavy atom. The normalized spacial score (nSPS) is 22.6. The Labute approximate surface area is 154 Å². The number of hydrogen-bond donors (Lipinski definition) is 2. The molecule has 0 bridgehead atoms. The lowest BCUT2D eigenvalue weighted by Gasteiger charge is -2.27. The van der Waals surface area contributed by atoms with Crippen molar-refractivity contribution in [1.29, 1.82) is 0 Å². The number of thioether (sulfide) groups is 1. The average molecular weight is 373 g/mol. The highest BCUT2D eigenvalue weighted by molar-refractivity contribution is 7.99. The predicted octanol–water partition coefficient (Wildman–Crippen LogP) is 3.69. The summed E-state index contributed by atoms with van der Waals surface area (Å²) in [6.45, 7) is 0.979. The zero-order chi connectivity index (χ0) is 16.1. The summed E-state index contributed by atoms with van der Waals surface area (Å²) < 4.78 is 13.2. The van der Waals surface area contributed by atoms with Gasteiger partial charge in [-0.1, -0.05) is 25.0 Å². The number of carbonyl (C=O) groups excluding carboxylic acids is 1. The molecule has 1 amide bonds. The monoisotopic (exact) mass is 372 g/mol. The van der Waals surface area contributed by atoms with Crippen LogP contribution < -0.4 is 10.6 Å². The van der Waals surface area contributed by atoms with E-state index < -0.39 is 0 Å². The van der Waals surface area contributed by atoms with Crippen molar-refractivity contribution in [2.24, 2.45) is 5.92 Å². The summed E-state index contributed by atoms with van der Waals surface area (Å²) in [6, 6.07) is 6.89. The molecule has 134 valence electrons. The summed E-state index contributed by atoms with van der Waals surface area (Å²) in [6.07, 6.45) is 5.25. The van der Waals surface area contributed by atoms with Crippen LogP contribution >= 0.6 is 24.2 Å². The highest BCUT2D eigenvalue weighted by Gasteiger charge is 2.28. The highest BCUT2D eigenvalue weighted by atomic mass is 35.5. The molecular weight excluding hydrogens is 347 g/mol. The van der Waals surface area contributed by atoms with Crippen LogP contribution in [0.4, 0.5) is 4.39 Å². The molecule has 1 saturated carbocycles. The van der Waals surface area contributed by atoms with Gasteiger partial charge in [0.15, 0.2) is 0 Å². The second kappa shape index (κ2) is 9.64. The van der Waals surface area contributed by atoms with Crippen molar-refractivity contribution >= 4 is 30.1 Å². The first-order chi connectivity index (χ1) is 11.2. The van der Waals surface area contributed by atoms with Crippen LogP contribution in [0.15, 0.2) is 24.3 Å². The van der Waals surface area contributed by atoms with Gasteiger partial charge in [-0.05, 0) is 36.5 Å². The minimum atomic E-state index is -0.228. The van der Waals surface area contributed by atoms with Crippen molar-refractivity contribution in [3.63, 3.8) is 0 Å². The van der Waals surface area contributed by atoms with Gasteiger partial charge in [0, 0.05) is 30.5 Å². The zero-order valence-electron chi connectivity index (χ0n) is 13.8. The van der Waals surface area contributed by atoms with Crippen molar-refractivity contribution in [3.8, 4) is 0 Å². The molecule has 1 aliphatic carbocycles. The van der Waals surface area contributed by atoms with Crippen LogP contribution in [0.2, 0.25) is 0 Å². The van der Waals surface area contributed by atoms with Gasteiger partial charge in [0.2, 0.25) is 5.91 Å². The molecule has 1 saturated heterocycles. The van der Waals surface area contributed by atoms with E-state index in [4.69, 9.17) is 0 Å². The second-order valence-electron chi connectivity index (χ2n) is 6.57. The molecule has 2 N–H and O–H groups in total. The summed E-state index contributed by atoms with van der Waals surface area (Å²) in [5, 5.41) is 6.64. The Morgan fingerprint density at radius 2 is 2.00 bits per heavy atom. The first-order valence-electron chi connectivity index (χ1n) is 8.58. The second-order valence-corrected chi connectivity index (χ2v) is 7.72. The number of nitrogens with one attached hydrogen (secondary N) is 2. The Balaban J connectivity index is 0.00000208. The molecule has 1 heterocycles. The molecule has 2 atom stereocenters. The number of hydrogen-bond acceptors (Lipinski definition) is 3. The third-order valence-corrected chi connectivity index (χ3v) is 5.98. The summed E-state index contributed by atoms with van der Waals surface area (Å²) >= 11 is 1.90. The molecule has 2 aliphatic rings. The van der Waals surface area contributed by atoms with Gasteiger partial charge in [-0.15, -0.1) is 12.4 Å². The van der Waals surface area contributed by atoms with E-state index in [1.807, 2.05) is 23.9 Å². The molecule has 3 rings (SSSR count). The molecule has 6 heteroatoms. The summed E-state index contributed by atoms with van der Waals surface area (Å²) in [5.74, 6) is 2.47. The van der Waals surface area contributed by atoms with Gasteiger partial charge < -0.3 is 10.6 Å². The van der Waals surface area contributed by atoms with Crippen molar-refractivity contribution in [2.45, 2.75) is 44.2 Å². The Bertz CT molecular complexity index is 516. The van der Waals surface area contributed by atoms with E-state index in [2.05, 4.69) is 10.6 Å². The van der Waals surface area contributed by atoms with Crippen LogP contribution in [0.5, 0.6) is 0 Å². The number of benzene rings is 1. The topological polar surface area (TPSA) is 41.1 Å². The molecule has 3 nitrogen and oxygen atoms in total. The maximum Gasteiger partial charge on any atom is 0.222 e. The molecule has 1 aromatic carbocycles. The van der Waals surface area contributed by atoms with E-state index in [1.165, 1.54) is 25.0 Å². The summed E-state index contributed by atoms with van der Waals surface area (Å²) in [7, 11) is 0. The van der Waals surface area contributed by atoms with Crippen molar-refractivity contribution in [2.75, 3.05) is 18.1 Å². The molecule has 2 unspecified atom stereocenters. The van der Waals surface area contributed by atoms with Gasteiger partial charge in [-0.3, -0.25) is 4.79 Å². The van der Waals surface area contributed by atoms with Crippen molar-refractivity contribution in [1.82, 2.24) is 10.6 Å². The maximum absolute atomic E-state index is 13.2. The minimum absolute atomic E-state index is 0. The van der Waals surface area contributed by atoms with Crippen molar-refractivity contribution < 1.29 is 9.18 Å². The molecule has 1 aliphatic heterocycles. The van der Waals surface area contributed by atoms with Gasteiger partial charge in [-0.25, -0.2) is 4.39 Å². The van der Waals surface area contributed by atoms with Gasteiger partial charge in [0.1, 0.15) is 5.82 Å². The van der Waals surface area contributed by atoms with E-state index in [9.17, 15) is 9.18 Å². The molecule has 24 heavy (non-hydrogen) atoms. The summed E-state index contributed by atoms with van der Waals surface area (Å²) in [5.41, 5.74) is 1.03. The number of carbonyl (C=O) groups is 1. The van der Waals surface area contributed by atoms with Crippen molar-refractivity contribution in [3.05, 3.63) is 35.6 Å². The number of halogens is 2. The average Bonchev–Trinajstić information content (AvgIpc) is 3.09. The van der Waals surface area contributed by atoms with Crippen LogP contribution in [0.1, 0.15) is 43.7 Å². The molecule has 0 aromatic heterocycles. The Kier molecular flexibility index (Phi) is 7.85. The predicted molar refractivity (Wildman–Crippen MR) is 100 cm³/mol. The van der Waals surface area contributed by atoms with Gasteiger partial charge in [0.05, 0.1) is 6.04 Å². The smallest absolute Gasteiger partial charge is 0.222 e. The molecule has 2 fully saturated rings. The Hall–Kier alpha value is -0.780. The highest BCUT2D eigenvalue weighted by Crippen LogP contribution is 2.35. The molecule has 0 spiro atoms. The third-order valence-electron chi connectivity index (χ3n) is 4.85. The van der Waals surface area contributed by atoms with E-state index >= 15 is 0 Å². The van der Waals surface area contributed by atoms with E-state index in [0.717, 1.165) is 36.5 Å². The van der Waals surface area contributed by atoms with E-state index in [0.29, 0.717) is 12.3 Å². The van der Waals surface area contributed by atoms with Gasteiger partial charge in [-0.2, -0.15) is 11.8 Å². The fourth-order valence-corrected chi connectivity index (χ4v) is 4.59.